The van der Waals surface area contributed by atoms with Gasteiger partial charge in [-0.05, 0) is 19.9 Å². The second kappa shape index (κ2) is 8.17. The van der Waals surface area contributed by atoms with E-state index in [9.17, 15) is 4.57 Å². The highest BCUT2D eigenvalue weighted by molar-refractivity contribution is 7.32. The first kappa shape index (κ1) is 15.0. The van der Waals surface area contributed by atoms with E-state index in [1.807, 2.05) is 6.07 Å². The number of rotatable bonds is 8. The molecule has 0 heterocycles. The zero-order chi connectivity index (χ0) is 12.6. The third kappa shape index (κ3) is 5.17. The van der Waals surface area contributed by atoms with Crippen LogP contribution in [0.5, 0.6) is 0 Å². The van der Waals surface area contributed by atoms with Gasteiger partial charge in [-0.1, -0.05) is 6.92 Å². The fraction of sp³-hybridized carbons (Fsp3) is 0.667. The first-order valence-corrected chi connectivity index (χ1v) is 6.18. The molecular weight excluding hydrogens is 231 g/mol. The van der Waals surface area contributed by atoms with Crippen LogP contribution in [0.3, 0.4) is 0 Å². The third-order valence-corrected chi connectivity index (χ3v) is 2.28. The van der Waals surface area contributed by atoms with E-state index < -0.39 is 14.5 Å². The average Bonchev–Trinajstić information content (AvgIpc) is 2.23. The van der Waals surface area contributed by atoms with Gasteiger partial charge in [0.1, 0.15) is 12.8 Å². The van der Waals surface area contributed by atoms with Gasteiger partial charge in [-0.2, -0.15) is 5.26 Å². The minimum Gasteiger partial charge on any atom is -0.480 e. The zero-order valence-electron chi connectivity index (χ0n) is 9.47. The van der Waals surface area contributed by atoms with Crippen molar-refractivity contribution in [3.63, 3.8) is 0 Å². The van der Waals surface area contributed by atoms with Gasteiger partial charge in [0.15, 0.2) is 5.88 Å². The molecule has 0 saturated carbocycles. The van der Waals surface area contributed by atoms with Crippen LogP contribution in [0.2, 0.25) is 0 Å². The summed E-state index contributed by atoms with van der Waals surface area (Å²) in [4.78, 5) is 10.1. The van der Waals surface area contributed by atoms with Gasteiger partial charge < -0.3 is 14.5 Å². The summed E-state index contributed by atoms with van der Waals surface area (Å²) >= 11 is 0. The number of nitriles is 1. The van der Waals surface area contributed by atoms with Crippen LogP contribution in [0, 0.1) is 11.3 Å². The van der Waals surface area contributed by atoms with E-state index in [4.69, 9.17) is 19.4 Å². The molecular formula is C9H17N2O4P. The van der Waals surface area contributed by atoms with Gasteiger partial charge in [0.05, 0.1) is 12.7 Å². The highest BCUT2D eigenvalue weighted by Crippen LogP contribution is 2.24. The van der Waals surface area contributed by atoms with Crippen molar-refractivity contribution in [2.75, 3.05) is 13.2 Å². The van der Waals surface area contributed by atoms with Crippen LogP contribution in [0.4, 0.5) is 0 Å². The number of hydrogen-bond donors (Lipinski definition) is 1. The molecule has 16 heavy (non-hydrogen) atoms. The topological polar surface area (TPSA) is 82.8 Å². The van der Waals surface area contributed by atoms with Crippen molar-refractivity contribution < 1.29 is 18.7 Å². The maximum absolute atomic E-state index is 10.6. The van der Waals surface area contributed by atoms with E-state index in [1.54, 1.807) is 13.8 Å². The molecule has 0 aromatic rings. The molecule has 6 nitrogen and oxygen atoms in total. The second-order valence-corrected chi connectivity index (χ2v) is 3.63. The van der Waals surface area contributed by atoms with Gasteiger partial charge in [0, 0.05) is 0 Å². The predicted molar refractivity (Wildman–Crippen MR) is 59.5 cm³/mol. The molecule has 0 radical (unpaired) electrons. The summed E-state index contributed by atoms with van der Waals surface area (Å²) in [5.74, 6) is 0.263. The fourth-order valence-electron chi connectivity index (χ4n) is 1.16. The van der Waals surface area contributed by atoms with Crippen molar-refractivity contribution in [2.45, 2.75) is 26.5 Å². The number of ether oxygens (including phenoxy) is 1. The van der Waals surface area contributed by atoms with Crippen molar-refractivity contribution in [3.8, 4) is 6.07 Å². The summed E-state index contributed by atoms with van der Waals surface area (Å²) in [5.41, 5.74) is 0. The number of hydrogen-bond acceptors (Lipinski definition) is 5. The van der Waals surface area contributed by atoms with E-state index in [2.05, 4.69) is 6.58 Å². The monoisotopic (exact) mass is 248 g/mol. The third-order valence-electron chi connectivity index (χ3n) is 1.81. The summed E-state index contributed by atoms with van der Waals surface area (Å²) < 4.78 is 20.6. The molecule has 7 heteroatoms. The summed E-state index contributed by atoms with van der Waals surface area (Å²) in [5, 5.41) is 8.66. The molecule has 1 N–H and O–H groups in total. The van der Waals surface area contributed by atoms with E-state index in [0.29, 0.717) is 13.0 Å². The maximum atomic E-state index is 10.6. The van der Waals surface area contributed by atoms with Crippen LogP contribution in [0.15, 0.2) is 12.5 Å². The normalized spacial score (nSPS) is 13.6. The molecule has 0 amide bonds. The predicted octanol–water partition coefficient (Wildman–Crippen LogP) is 1.45. The minimum absolute atomic E-state index is 0.00745. The van der Waals surface area contributed by atoms with Gasteiger partial charge in [0.25, 0.3) is 0 Å². The molecule has 2 atom stereocenters. The Balaban J connectivity index is 4.64. The summed E-state index contributed by atoms with van der Waals surface area (Å²) in [6.07, 6.45) is -0.222. The molecule has 0 aliphatic rings. The molecule has 0 saturated heterocycles. The van der Waals surface area contributed by atoms with Gasteiger partial charge in [0.2, 0.25) is 0 Å². The maximum Gasteiger partial charge on any atom is 0.318 e. The molecule has 0 rings (SSSR count). The van der Waals surface area contributed by atoms with Gasteiger partial charge in [-0.3, -0.25) is 9.09 Å². The Morgan fingerprint density at radius 2 is 2.31 bits per heavy atom. The Kier molecular flexibility index (Phi) is 7.65. The highest BCUT2D eigenvalue weighted by Gasteiger charge is 2.21. The Morgan fingerprint density at radius 3 is 2.69 bits per heavy atom. The smallest absolute Gasteiger partial charge is 0.318 e. The van der Waals surface area contributed by atoms with Crippen LogP contribution >= 0.6 is 8.25 Å². The molecule has 0 spiro atoms. The zero-order valence-corrected chi connectivity index (χ0v) is 10.5. The lowest BCUT2D eigenvalue weighted by Crippen LogP contribution is -2.36. The standard InChI is InChI=1S/C9H17N2O4P/c1-4-9(15-16(12)13)11(7-6-10)8(3)14-5-2/h9,16H,3-5,7H2,1-2H3,(H,12,13). The Bertz CT molecular complexity index is 290. The SMILES string of the molecule is C=C(OCC)N(CC#N)C(CC)O[PH](=O)O. The van der Waals surface area contributed by atoms with Crippen LogP contribution in [-0.4, -0.2) is 29.2 Å². The average molecular weight is 248 g/mol. The first-order chi connectivity index (χ1) is 7.56. The molecule has 0 fully saturated rings. The highest BCUT2D eigenvalue weighted by atomic mass is 31.1. The largest absolute Gasteiger partial charge is 0.480 e. The van der Waals surface area contributed by atoms with E-state index in [-0.39, 0.29) is 12.4 Å². The van der Waals surface area contributed by atoms with E-state index >= 15 is 0 Å². The van der Waals surface area contributed by atoms with Crippen LogP contribution in [0.1, 0.15) is 20.3 Å². The molecule has 0 aliphatic carbocycles. The van der Waals surface area contributed by atoms with Gasteiger partial charge in [-0.25, -0.2) is 0 Å². The lowest BCUT2D eigenvalue weighted by molar-refractivity contribution is 0.00324. The summed E-state index contributed by atoms with van der Waals surface area (Å²) in [7, 11) is -3.05. The molecule has 0 aliphatic heterocycles. The molecule has 0 aromatic carbocycles. The second-order valence-electron chi connectivity index (χ2n) is 2.86. The van der Waals surface area contributed by atoms with E-state index in [0.717, 1.165) is 0 Å². The molecule has 0 aromatic heterocycles. The first-order valence-electron chi connectivity index (χ1n) is 4.91. The fourth-order valence-corrected chi connectivity index (χ4v) is 1.69. The lowest BCUT2D eigenvalue weighted by atomic mass is 10.3. The summed E-state index contributed by atoms with van der Waals surface area (Å²) in [6.45, 7) is 7.60. The number of nitrogens with zero attached hydrogens (tertiary/aromatic N) is 2. The van der Waals surface area contributed by atoms with Crippen molar-refractivity contribution >= 4 is 8.25 Å². The minimum atomic E-state index is -3.05. The Morgan fingerprint density at radius 1 is 1.69 bits per heavy atom. The Hall–Kier alpha value is -1.02. The quantitative estimate of drug-likeness (QED) is 0.303. The lowest BCUT2D eigenvalue weighted by Gasteiger charge is -2.30. The van der Waals surface area contributed by atoms with Crippen LogP contribution in [-0.2, 0) is 13.8 Å². The van der Waals surface area contributed by atoms with Gasteiger partial charge >= 0.3 is 8.25 Å². The van der Waals surface area contributed by atoms with Crippen molar-refractivity contribution in [2.24, 2.45) is 0 Å². The van der Waals surface area contributed by atoms with E-state index in [1.165, 1.54) is 4.90 Å². The van der Waals surface area contributed by atoms with Crippen LogP contribution < -0.4 is 0 Å². The molecule has 2 unspecified atom stereocenters. The van der Waals surface area contributed by atoms with Crippen molar-refractivity contribution in [3.05, 3.63) is 12.5 Å². The molecule has 92 valence electrons. The summed E-state index contributed by atoms with van der Waals surface area (Å²) in [6, 6.07) is 1.93. The Labute approximate surface area is 96.0 Å². The molecule has 0 bridgehead atoms. The van der Waals surface area contributed by atoms with Crippen molar-refractivity contribution in [1.82, 2.24) is 4.90 Å². The van der Waals surface area contributed by atoms with Gasteiger partial charge in [-0.15, -0.1) is 0 Å². The van der Waals surface area contributed by atoms with Crippen LogP contribution in [0.25, 0.3) is 0 Å². The van der Waals surface area contributed by atoms with Crippen molar-refractivity contribution in [1.29, 1.82) is 5.26 Å².